The SMILES string of the molecule is Cc1ccc(/C=C2\SC(=O)N(CCNC(=O)c3cccc([N+](=O)[O-])c3)C2=O)cc1. The summed E-state index contributed by atoms with van der Waals surface area (Å²) in [7, 11) is 0. The second-order valence-electron chi connectivity index (χ2n) is 6.31. The van der Waals surface area contributed by atoms with E-state index in [2.05, 4.69) is 5.32 Å². The van der Waals surface area contributed by atoms with Crippen molar-refractivity contribution in [3.05, 3.63) is 80.2 Å². The molecule has 0 aliphatic carbocycles. The first kappa shape index (κ1) is 20.3. The third-order valence-corrected chi connectivity index (χ3v) is 5.10. The molecule has 0 atom stereocenters. The molecular formula is C20H17N3O5S. The van der Waals surface area contributed by atoms with Crippen LogP contribution in [0.1, 0.15) is 21.5 Å². The van der Waals surface area contributed by atoms with Crippen LogP contribution in [0.25, 0.3) is 6.08 Å². The van der Waals surface area contributed by atoms with Crippen molar-refractivity contribution in [2.75, 3.05) is 13.1 Å². The van der Waals surface area contributed by atoms with Gasteiger partial charge in [-0.3, -0.25) is 29.4 Å². The molecule has 9 heteroatoms. The molecular weight excluding hydrogens is 394 g/mol. The maximum Gasteiger partial charge on any atom is 0.293 e. The number of carbonyl (C=O) groups is 3. The number of carbonyl (C=O) groups excluding carboxylic acids is 3. The predicted molar refractivity (Wildman–Crippen MR) is 109 cm³/mol. The number of nitrogens with zero attached hydrogens (tertiary/aromatic N) is 2. The Balaban J connectivity index is 1.59. The van der Waals surface area contributed by atoms with Gasteiger partial charge in [-0.05, 0) is 36.4 Å². The zero-order valence-electron chi connectivity index (χ0n) is 15.5. The van der Waals surface area contributed by atoms with Gasteiger partial charge in [-0.15, -0.1) is 0 Å². The van der Waals surface area contributed by atoms with E-state index >= 15 is 0 Å². The van der Waals surface area contributed by atoms with Crippen LogP contribution < -0.4 is 5.32 Å². The Morgan fingerprint density at radius 3 is 2.62 bits per heavy atom. The molecule has 0 bridgehead atoms. The van der Waals surface area contributed by atoms with Crippen molar-refractivity contribution in [1.82, 2.24) is 10.2 Å². The van der Waals surface area contributed by atoms with Gasteiger partial charge in [0.15, 0.2) is 0 Å². The van der Waals surface area contributed by atoms with E-state index in [-0.39, 0.29) is 24.3 Å². The van der Waals surface area contributed by atoms with Crippen LogP contribution in [0.2, 0.25) is 0 Å². The van der Waals surface area contributed by atoms with Crippen LogP contribution >= 0.6 is 11.8 Å². The first-order valence-electron chi connectivity index (χ1n) is 8.70. The summed E-state index contributed by atoms with van der Waals surface area (Å²) in [6, 6.07) is 12.9. The molecule has 2 aromatic carbocycles. The van der Waals surface area contributed by atoms with Crippen molar-refractivity contribution in [2.24, 2.45) is 0 Å². The van der Waals surface area contributed by atoms with Gasteiger partial charge in [0, 0.05) is 30.8 Å². The summed E-state index contributed by atoms with van der Waals surface area (Å²) in [5, 5.41) is 13.0. The smallest absolute Gasteiger partial charge is 0.293 e. The van der Waals surface area contributed by atoms with E-state index in [0.717, 1.165) is 27.8 Å². The fraction of sp³-hybridized carbons (Fsp3) is 0.150. The van der Waals surface area contributed by atoms with E-state index in [4.69, 9.17) is 0 Å². The zero-order chi connectivity index (χ0) is 21.0. The van der Waals surface area contributed by atoms with Crippen LogP contribution in [0.4, 0.5) is 10.5 Å². The number of amides is 3. The minimum Gasteiger partial charge on any atom is -0.350 e. The van der Waals surface area contributed by atoms with Gasteiger partial charge in [-0.2, -0.15) is 0 Å². The van der Waals surface area contributed by atoms with Gasteiger partial charge < -0.3 is 5.32 Å². The molecule has 3 rings (SSSR count). The van der Waals surface area contributed by atoms with Crippen LogP contribution in [0.5, 0.6) is 0 Å². The summed E-state index contributed by atoms with van der Waals surface area (Å²) < 4.78 is 0. The van der Waals surface area contributed by atoms with E-state index < -0.39 is 22.0 Å². The highest BCUT2D eigenvalue weighted by atomic mass is 32.2. The lowest BCUT2D eigenvalue weighted by molar-refractivity contribution is -0.384. The number of nitro groups is 1. The number of nitrogens with one attached hydrogen (secondary N) is 1. The molecule has 1 saturated heterocycles. The molecule has 8 nitrogen and oxygen atoms in total. The first-order chi connectivity index (χ1) is 13.8. The number of thioether (sulfide) groups is 1. The first-order valence-corrected chi connectivity index (χ1v) is 9.51. The average Bonchev–Trinajstić information content (AvgIpc) is 2.97. The third kappa shape index (κ3) is 4.88. The van der Waals surface area contributed by atoms with Gasteiger partial charge in [0.25, 0.3) is 22.7 Å². The second-order valence-corrected chi connectivity index (χ2v) is 7.30. The van der Waals surface area contributed by atoms with Gasteiger partial charge in [-0.1, -0.05) is 35.9 Å². The number of hydrogen-bond acceptors (Lipinski definition) is 6. The topological polar surface area (TPSA) is 110 Å². The molecule has 1 N–H and O–H groups in total. The zero-order valence-corrected chi connectivity index (χ0v) is 16.3. The monoisotopic (exact) mass is 411 g/mol. The molecule has 1 aliphatic rings. The van der Waals surface area contributed by atoms with Gasteiger partial charge >= 0.3 is 0 Å². The molecule has 0 spiro atoms. The van der Waals surface area contributed by atoms with Gasteiger partial charge in [-0.25, -0.2) is 0 Å². The van der Waals surface area contributed by atoms with E-state index in [1.165, 1.54) is 24.3 Å². The normalized spacial score (nSPS) is 15.1. The number of non-ortho nitro benzene ring substituents is 1. The molecule has 1 fully saturated rings. The van der Waals surface area contributed by atoms with E-state index in [0.29, 0.717) is 4.91 Å². The number of rotatable bonds is 6. The molecule has 148 valence electrons. The Labute approximate surface area is 170 Å². The summed E-state index contributed by atoms with van der Waals surface area (Å²) in [6.45, 7) is 2.01. The molecule has 1 heterocycles. The lowest BCUT2D eigenvalue weighted by atomic mass is 10.1. The Morgan fingerprint density at radius 1 is 1.21 bits per heavy atom. The lowest BCUT2D eigenvalue weighted by Gasteiger charge is -2.13. The predicted octanol–water partition coefficient (Wildman–Crippen LogP) is 3.37. The van der Waals surface area contributed by atoms with Crippen molar-refractivity contribution < 1.29 is 19.3 Å². The Bertz CT molecular complexity index is 1020. The molecule has 3 amide bonds. The minimum absolute atomic E-state index is 0.0105. The van der Waals surface area contributed by atoms with Crippen molar-refractivity contribution in [2.45, 2.75) is 6.92 Å². The van der Waals surface area contributed by atoms with E-state index in [9.17, 15) is 24.5 Å². The number of benzene rings is 2. The highest BCUT2D eigenvalue weighted by molar-refractivity contribution is 8.18. The van der Waals surface area contributed by atoms with Gasteiger partial charge in [0.2, 0.25) is 0 Å². The third-order valence-electron chi connectivity index (χ3n) is 4.19. The number of hydrogen-bond donors (Lipinski definition) is 1. The van der Waals surface area contributed by atoms with E-state index in [1.807, 2.05) is 31.2 Å². The Morgan fingerprint density at radius 2 is 1.93 bits per heavy atom. The summed E-state index contributed by atoms with van der Waals surface area (Å²) in [6.07, 6.45) is 1.66. The summed E-state index contributed by atoms with van der Waals surface area (Å²) in [4.78, 5) is 48.4. The van der Waals surface area contributed by atoms with E-state index in [1.54, 1.807) is 6.08 Å². The summed E-state index contributed by atoms with van der Waals surface area (Å²) in [5.74, 6) is -0.930. The fourth-order valence-corrected chi connectivity index (χ4v) is 3.52. The highest BCUT2D eigenvalue weighted by Gasteiger charge is 2.34. The Kier molecular flexibility index (Phi) is 6.08. The van der Waals surface area contributed by atoms with Crippen molar-refractivity contribution in [3.8, 4) is 0 Å². The molecule has 0 radical (unpaired) electrons. The van der Waals surface area contributed by atoms with Crippen molar-refractivity contribution in [3.63, 3.8) is 0 Å². The second kappa shape index (κ2) is 8.70. The number of imide groups is 1. The quantitative estimate of drug-likeness (QED) is 0.443. The van der Waals surface area contributed by atoms with Crippen LogP contribution in [0.15, 0.2) is 53.4 Å². The number of aryl methyl sites for hydroxylation is 1. The molecule has 0 aromatic heterocycles. The van der Waals surface area contributed by atoms with Crippen LogP contribution in [0.3, 0.4) is 0 Å². The van der Waals surface area contributed by atoms with Crippen LogP contribution in [-0.4, -0.2) is 40.0 Å². The molecule has 1 aliphatic heterocycles. The highest BCUT2D eigenvalue weighted by Crippen LogP contribution is 2.31. The summed E-state index contributed by atoms with van der Waals surface area (Å²) in [5.41, 5.74) is 1.85. The summed E-state index contributed by atoms with van der Waals surface area (Å²) >= 11 is 0.852. The Hall–Kier alpha value is -3.46. The molecule has 2 aromatic rings. The standard InChI is InChI=1S/C20H17N3O5S/c1-13-5-7-14(8-6-13)11-17-19(25)22(20(26)29-17)10-9-21-18(24)15-3-2-4-16(12-15)23(27)28/h2-8,11-12H,9-10H2,1H3,(H,21,24)/b17-11-. The van der Waals surface area contributed by atoms with Crippen LogP contribution in [-0.2, 0) is 4.79 Å². The fourth-order valence-electron chi connectivity index (χ4n) is 2.65. The molecule has 0 unspecified atom stereocenters. The minimum atomic E-state index is -0.586. The largest absolute Gasteiger partial charge is 0.350 e. The van der Waals surface area contributed by atoms with Crippen LogP contribution in [0, 0.1) is 17.0 Å². The molecule has 29 heavy (non-hydrogen) atoms. The van der Waals surface area contributed by atoms with Crippen molar-refractivity contribution >= 4 is 40.6 Å². The number of nitro benzene ring substituents is 1. The lowest BCUT2D eigenvalue weighted by Crippen LogP contribution is -2.37. The van der Waals surface area contributed by atoms with Gasteiger partial charge in [0.1, 0.15) is 0 Å². The maximum absolute atomic E-state index is 12.5. The van der Waals surface area contributed by atoms with Crippen molar-refractivity contribution in [1.29, 1.82) is 0 Å². The van der Waals surface area contributed by atoms with Gasteiger partial charge in [0.05, 0.1) is 9.83 Å². The molecule has 0 saturated carbocycles. The maximum atomic E-state index is 12.5. The average molecular weight is 411 g/mol.